The smallest absolute Gasteiger partial charge is 0.416 e. The van der Waals surface area contributed by atoms with Crippen LogP contribution in [0.1, 0.15) is 18.1 Å². The van der Waals surface area contributed by atoms with Crippen LogP contribution in [0.3, 0.4) is 0 Å². The molecular weight excluding hydrogens is 307 g/mol. The van der Waals surface area contributed by atoms with Crippen molar-refractivity contribution in [3.05, 3.63) is 59.7 Å². The minimum atomic E-state index is -4.40. The minimum Gasteiger partial charge on any atom is -0.481 e. The number of rotatable bonds is 4. The highest BCUT2D eigenvalue weighted by molar-refractivity contribution is 5.94. The summed E-state index contributed by atoms with van der Waals surface area (Å²) in [6.45, 7) is 3.50. The Morgan fingerprint density at radius 3 is 2.13 bits per heavy atom. The van der Waals surface area contributed by atoms with Gasteiger partial charge in [0.15, 0.2) is 6.10 Å². The summed E-state index contributed by atoms with van der Waals surface area (Å²) < 4.78 is 42.9. The molecule has 0 saturated heterocycles. The molecule has 0 aromatic heterocycles. The third-order valence-corrected chi connectivity index (χ3v) is 3.18. The fraction of sp³-hybridized carbons (Fsp3) is 0.235. The number of hydrogen-bond donors (Lipinski definition) is 1. The number of halogens is 3. The number of aryl methyl sites for hydroxylation is 1. The van der Waals surface area contributed by atoms with Crippen LogP contribution in [0.15, 0.2) is 48.5 Å². The second-order valence-electron chi connectivity index (χ2n) is 5.14. The maximum absolute atomic E-state index is 12.5. The molecule has 0 fully saturated rings. The van der Waals surface area contributed by atoms with Crippen molar-refractivity contribution in [2.24, 2.45) is 0 Å². The zero-order chi connectivity index (χ0) is 17.0. The van der Waals surface area contributed by atoms with Gasteiger partial charge in [0.2, 0.25) is 0 Å². The highest BCUT2D eigenvalue weighted by Gasteiger charge is 2.30. The lowest BCUT2D eigenvalue weighted by Gasteiger charge is -2.15. The Morgan fingerprint density at radius 1 is 1.04 bits per heavy atom. The van der Waals surface area contributed by atoms with Crippen LogP contribution in [0, 0.1) is 6.92 Å². The second-order valence-corrected chi connectivity index (χ2v) is 5.14. The Balaban J connectivity index is 1.96. The molecule has 122 valence electrons. The summed E-state index contributed by atoms with van der Waals surface area (Å²) in [6.07, 6.45) is -5.18. The lowest BCUT2D eigenvalue weighted by molar-refractivity contribution is -0.137. The predicted octanol–water partition coefficient (Wildman–Crippen LogP) is 4.42. The van der Waals surface area contributed by atoms with E-state index in [2.05, 4.69) is 5.32 Å². The second kappa shape index (κ2) is 6.73. The number of hydrogen-bond acceptors (Lipinski definition) is 2. The van der Waals surface area contributed by atoms with Crippen LogP contribution in [0.4, 0.5) is 18.9 Å². The van der Waals surface area contributed by atoms with Gasteiger partial charge in [0.05, 0.1) is 5.56 Å². The van der Waals surface area contributed by atoms with Crippen LogP contribution in [-0.4, -0.2) is 12.0 Å². The number of benzene rings is 2. The van der Waals surface area contributed by atoms with Gasteiger partial charge >= 0.3 is 6.18 Å². The zero-order valence-corrected chi connectivity index (χ0v) is 12.6. The highest BCUT2D eigenvalue weighted by Crippen LogP contribution is 2.29. The van der Waals surface area contributed by atoms with Gasteiger partial charge in [-0.15, -0.1) is 0 Å². The van der Waals surface area contributed by atoms with Gasteiger partial charge in [-0.2, -0.15) is 13.2 Å². The van der Waals surface area contributed by atoms with Gasteiger partial charge in [-0.1, -0.05) is 17.7 Å². The van der Waals surface area contributed by atoms with Crippen LogP contribution in [0.25, 0.3) is 0 Å². The summed E-state index contributed by atoms with van der Waals surface area (Å²) in [4.78, 5) is 12.0. The summed E-state index contributed by atoms with van der Waals surface area (Å²) in [5, 5.41) is 2.52. The summed E-state index contributed by atoms with van der Waals surface area (Å²) in [5.74, 6) is 0.107. The molecule has 23 heavy (non-hydrogen) atoms. The quantitative estimate of drug-likeness (QED) is 0.904. The SMILES string of the molecule is Cc1ccc(O[C@H](C)C(=O)Nc2ccc(C(F)(F)F)cc2)cc1. The van der Waals surface area contributed by atoms with Crippen molar-refractivity contribution in [2.75, 3.05) is 5.32 Å². The molecule has 2 aromatic carbocycles. The van der Waals surface area contributed by atoms with Gasteiger partial charge in [-0.05, 0) is 50.2 Å². The topological polar surface area (TPSA) is 38.3 Å². The molecule has 0 bridgehead atoms. The Morgan fingerprint density at radius 2 is 1.61 bits per heavy atom. The van der Waals surface area contributed by atoms with Gasteiger partial charge in [0.1, 0.15) is 5.75 Å². The molecule has 2 aromatic rings. The lowest BCUT2D eigenvalue weighted by atomic mass is 10.2. The largest absolute Gasteiger partial charge is 0.481 e. The van der Waals surface area contributed by atoms with Crippen molar-refractivity contribution in [1.82, 2.24) is 0 Å². The molecule has 0 spiro atoms. The third kappa shape index (κ3) is 4.74. The van der Waals surface area contributed by atoms with E-state index in [4.69, 9.17) is 4.74 Å². The van der Waals surface area contributed by atoms with Crippen molar-refractivity contribution in [1.29, 1.82) is 0 Å². The summed E-state index contributed by atoms with van der Waals surface area (Å²) in [5.41, 5.74) is 0.584. The van der Waals surface area contributed by atoms with E-state index in [-0.39, 0.29) is 5.69 Å². The third-order valence-electron chi connectivity index (χ3n) is 3.18. The van der Waals surface area contributed by atoms with Crippen LogP contribution >= 0.6 is 0 Å². The van der Waals surface area contributed by atoms with Gasteiger partial charge in [-0.25, -0.2) is 0 Å². The first-order valence-electron chi connectivity index (χ1n) is 6.97. The predicted molar refractivity (Wildman–Crippen MR) is 81.3 cm³/mol. The first kappa shape index (κ1) is 16.9. The molecule has 0 heterocycles. The zero-order valence-electron chi connectivity index (χ0n) is 12.6. The number of alkyl halides is 3. The van der Waals surface area contributed by atoms with E-state index < -0.39 is 23.8 Å². The Bertz CT molecular complexity index is 664. The van der Waals surface area contributed by atoms with Crippen molar-refractivity contribution in [2.45, 2.75) is 26.1 Å². The molecule has 0 unspecified atom stereocenters. The maximum atomic E-state index is 12.5. The number of carbonyl (C=O) groups excluding carboxylic acids is 1. The fourth-order valence-corrected chi connectivity index (χ4v) is 1.86. The molecule has 0 saturated carbocycles. The molecule has 1 atom stereocenters. The Hall–Kier alpha value is -2.50. The van der Waals surface area contributed by atoms with E-state index in [0.29, 0.717) is 5.75 Å². The summed E-state index contributed by atoms with van der Waals surface area (Å²) >= 11 is 0. The number of ether oxygens (including phenoxy) is 1. The van der Waals surface area contributed by atoms with Crippen molar-refractivity contribution in [3.63, 3.8) is 0 Å². The van der Waals surface area contributed by atoms with Crippen LogP contribution in [0.2, 0.25) is 0 Å². The van der Waals surface area contributed by atoms with Crippen molar-refractivity contribution in [3.8, 4) is 5.75 Å². The normalized spacial score (nSPS) is 12.6. The molecular formula is C17H16F3NO2. The van der Waals surface area contributed by atoms with Crippen molar-refractivity contribution < 1.29 is 22.7 Å². The highest BCUT2D eigenvalue weighted by atomic mass is 19.4. The standard InChI is InChI=1S/C17H16F3NO2/c1-11-3-9-15(10-4-11)23-12(2)16(22)21-14-7-5-13(6-8-14)17(18,19)20/h3-10,12H,1-2H3,(H,21,22)/t12-/m1/s1. The van der Waals surface area contributed by atoms with E-state index in [0.717, 1.165) is 17.7 Å². The summed E-state index contributed by atoms with van der Waals surface area (Å²) in [7, 11) is 0. The van der Waals surface area contributed by atoms with Crippen LogP contribution in [-0.2, 0) is 11.0 Å². The average molecular weight is 323 g/mol. The van der Waals surface area contributed by atoms with Gasteiger partial charge in [-0.3, -0.25) is 4.79 Å². The molecule has 6 heteroatoms. The molecule has 0 aliphatic heterocycles. The number of anilines is 1. The van der Waals surface area contributed by atoms with E-state index in [9.17, 15) is 18.0 Å². The average Bonchev–Trinajstić information content (AvgIpc) is 2.49. The Kier molecular flexibility index (Phi) is 4.93. The minimum absolute atomic E-state index is 0.280. The summed E-state index contributed by atoms with van der Waals surface area (Å²) in [6, 6.07) is 11.5. The van der Waals surface area contributed by atoms with E-state index in [1.807, 2.05) is 19.1 Å². The molecule has 0 aliphatic rings. The maximum Gasteiger partial charge on any atom is 0.416 e. The molecule has 3 nitrogen and oxygen atoms in total. The van der Waals surface area contributed by atoms with Gasteiger partial charge in [0.25, 0.3) is 5.91 Å². The van der Waals surface area contributed by atoms with Crippen molar-refractivity contribution >= 4 is 11.6 Å². The van der Waals surface area contributed by atoms with E-state index >= 15 is 0 Å². The number of carbonyl (C=O) groups is 1. The molecule has 0 radical (unpaired) electrons. The van der Waals surface area contributed by atoms with E-state index in [1.54, 1.807) is 19.1 Å². The lowest BCUT2D eigenvalue weighted by Crippen LogP contribution is -2.30. The first-order chi connectivity index (χ1) is 10.8. The van der Waals surface area contributed by atoms with E-state index in [1.165, 1.54) is 12.1 Å². The van der Waals surface area contributed by atoms with Crippen LogP contribution < -0.4 is 10.1 Å². The Labute approximate surface area is 132 Å². The van der Waals surface area contributed by atoms with Crippen LogP contribution in [0.5, 0.6) is 5.75 Å². The van der Waals surface area contributed by atoms with Gasteiger partial charge < -0.3 is 10.1 Å². The van der Waals surface area contributed by atoms with Gasteiger partial charge in [0, 0.05) is 5.69 Å². The molecule has 1 N–H and O–H groups in total. The monoisotopic (exact) mass is 323 g/mol. The first-order valence-corrected chi connectivity index (χ1v) is 6.97. The fourth-order valence-electron chi connectivity index (χ4n) is 1.86. The number of nitrogens with one attached hydrogen (secondary N) is 1. The molecule has 2 rings (SSSR count). The molecule has 1 amide bonds. The number of amides is 1. The molecule has 0 aliphatic carbocycles.